The molecule has 19 heavy (non-hydrogen) atoms. The van der Waals surface area contributed by atoms with Gasteiger partial charge >= 0.3 is 0 Å². The Morgan fingerprint density at radius 1 is 1.42 bits per heavy atom. The molecule has 0 fully saturated rings. The van der Waals surface area contributed by atoms with E-state index in [0.29, 0.717) is 16.5 Å². The highest BCUT2D eigenvalue weighted by molar-refractivity contribution is 9.10. The zero-order valence-corrected chi connectivity index (χ0v) is 12.8. The number of hydrogen-bond acceptors (Lipinski definition) is 3. The van der Waals surface area contributed by atoms with Crippen molar-refractivity contribution in [3.63, 3.8) is 0 Å². The van der Waals surface area contributed by atoms with Crippen LogP contribution in [0.5, 0.6) is 0 Å². The first kappa shape index (κ1) is 14.1. The van der Waals surface area contributed by atoms with Crippen molar-refractivity contribution in [2.45, 2.75) is 20.4 Å². The zero-order chi connectivity index (χ0) is 14.0. The van der Waals surface area contributed by atoms with Gasteiger partial charge in [0.1, 0.15) is 5.76 Å². The number of rotatable bonds is 3. The van der Waals surface area contributed by atoms with Crippen LogP contribution in [0, 0.1) is 13.8 Å². The minimum Gasteiger partial charge on any atom is -0.444 e. The van der Waals surface area contributed by atoms with Crippen LogP contribution in [-0.2, 0) is 6.54 Å². The maximum atomic E-state index is 12.0. The number of benzene rings is 1. The summed E-state index contributed by atoms with van der Waals surface area (Å²) in [6.07, 6.45) is 0. The maximum Gasteiger partial charge on any atom is 0.251 e. The van der Waals surface area contributed by atoms with Crippen molar-refractivity contribution in [2.24, 2.45) is 0 Å². The molecule has 1 amide bonds. The van der Waals surface area contributed by atoms with Crippen LogP contribution in [0.4, 0.5) is 0 Å². The first-order valence-corrected chi connectivity index (χ1v) is 6.80. The summed E-state index contributed by atoms with van der Waals surface area (Å²) in [5.74, 6) is 1.02. The summed E-state index contributed by atoms with van der Waals surface area (Å²) in [6.45, 7) is 3.94. The molecule has 1 heterocycles. The lowest BCUT2D eigenvalue weighted by Gasteiger charge is -2.04. The molecule has 0 radical (unpaired) electrons. The molecule has 0 unspecified atom stereocenters. The van der Waals surface area contributed by atoms with Crippen LogP contribution >= 0.6 is 27.5 Å². The molecule has 0 spiro atoms. The van der Waals surface area contributed by atoms with Crippen LogP contribution in [0.15, 0.2) is 27.1 Å². The summed E-state index contributed by atoms with van der Waals surface area (Å²) >= 11 is 9.19. The predicted molar refractivity (Wildman–Crippen MR) is 76.3 cm³/mol. The number of amides is 1. The molecule has 1 aromatic carbocycles. The minimum absolute atomic E-state index is 0.225. The van der Waals surface area contributed by atoms with E-state index in [1.54, 1.807) is 18.2 Å². The van der Waals surface area contributed by atoms with Crippen molar-refractivity contribution in [1.29, 1.82) is 0 Å². The van der Waals surface area contributed by atoms with Crippen molar-refractivity contribution >= 4 is 33.4 Å². The second-order valence-electron chi connectivity index (χ2n) is 4.09. The summed E-state index contributed by atoms with van der Waals surface area (Å²) in [6, 6.07) is 5.03. The van der Waals surface area contributed by atoms with Gasteiger partial charge in [-0.3, -0.25) is 4.79 Å². The molecule has 0 saturated heterocycles. The van der Waals surface area contributed by atoms with Gasteiger partial charge in [-0.2, -0.15) is 0 Å². The topological polar surface area (TPSA) is 55.1 Å². The Morgan fingerprint density at radius 3 is 2.74 bits per heavy atom. The fourth-order valence-corrected chi connectivity index (χ4v) is 2.42. The summed E-state index contributed by atoms with van der Waals surface area (Å²) < 4.78 is 6.14. The quantitative estimate of drug-likeness (QED) is 0.925. The standard InChI is InChI=1S/C13H12BrClN2O2/c1-7-8(2)19-12(17-7)6-16-13(18)9-3-10(14)5-11(15)4-9/h3-5H,6H2,1-2H3,(H,16,18). The Kier molecular flexibility index (Phi) is 4.27. The largest absolute Gasteiger partial charge is 0.444 e. The van der Waals surface area contributed by atoms with Gasteiger partial charge in [-0.05, 0) is 32.0 Å². The van der Waals surface area contributed by atoms with Gasteiger partial charge in [-0.1, -0.05) is 27.5 Å². The Morgan fingerprint density at radius 2 is 2.16 bits per heavy atom. The van der Waals surface area contributed by atoms with E-state index in [2.05, 4.69) is 26.2 Å². The summed E-state index contributed by atoms with van der Waals surface area (Å²) in [5.41, 5.74) is 1.31. The monoisotopic (exact) mass is 342 g/mol. The number of aryl methyl sites for hydroxylation is 2. The lowest BCUT2D eigenvalue weighted by Crippen LogP contribution is -2.22. The molecule has 2 rings (SSSR count). The number of carbonyl (C=O) groups excluding carboxylic acids is 1. The number of hydrogen-bond donors (Lipinski definition) is 1. The van der Waals surface area contributed by atoms with Crippen molar-refractivity contribution < 1.29 is 9.21 Å². The van der Waals surface area contributed by atoms with Crippen molar-refractivity contribution in [3.05, 3.63) is 50.6 Å². The van der Waals surface area contributed by atoms with Crippen LogP contribution in [0.25, 0.3) is 0 Å². The molecule has 0 saturated carbocycles. The van der Waals surface area contributed by atoms with Crippen LogP contribution in [0.2, 0.25) is 5.02 Å². The van der Waals surface area contributed by atoms with Crippen molar-refractivity contribution in [2.75, 3.05) is 0 Å². The normalized spacial score (nSPS) is 10.5. The van der Waals surface area contributed by atoms with Crippen molar-refractivity contribution in [3.8, 4) is 0 Å². The summed E-state index contributed by atoms with van der Waals surface area (Å²) in [7, 11) is 0. The Labute approximate surface area is 124 Å². The van der Waals surface area contributed by atoms with Gasteiger partial charge in [-0.15, -0.1) is 0 Å². The SMILES string of the molecule is Cc1nc(CNC(=O)c2cc(Cl)cc(Br)c2)oc1C. The van der Waals surface area contributed by atoms with E-state index in [9.17, 15) is 4.79 Å². The van der Waals surface area contributed by atoms with Gasteiger partial charge in [0.2, 0.25) is 5.89 Å². The minimum atomic E-state index is -0.225. The molecular formula is C13H12BrClN2O2. The van der Waals surface area contributed by atoms with Gasteiger partial charge in [-0.25, -0.2) is 4.98 Å². The molecule has 1 N–H and O–H groups in total. The van der Waals surface area contributed by atoms with E-state index < -0.39 is 0 Å². The second kappa shape index (κ2) is 5.75. The number of aromatic nitrogens is 1. The third-order valence-electron chi connectivity index (χ3n) is 2.60. The molecule has 1 aromatic heterocycles. The molecule has 0 aliphatic carbocycles. The van der Waals surface area contributed by atoms with E-state index in [1.165, 1.54) is 0 Å². The third-order valence-corrected chi connectivity index (χ3v) is 3.27. The molecular weight excluding hydrogens is 332 g/mol. The molecule has 4 nitrogen and oxygen atoms in total. The molecule has 0 bridgehead atoms. The third kappa shape index (κ3) is 3.58. The fraction of sp³-hybridized carbons (Fsp3) is 0.231. The van der Waals surface area contributed by atoms with Gasteiger partial charge in [0.05, 0.1) is 12.2 Å². The van der Waals surface area contributed by atoms with E-state index >= 15 is 0 Å². The van der Waals surface area contributed by atoms with E-state index in [0.717, 1.165) is 15.9 Å². The van der Waals surface area contributed by atoms with Crippen molar-refractivity contribution in [1.82, 2.24) is 10.3 Å². The smallest absolute Gasteiger partial charge is 0.251 e. The number of carbonyl (C=O) groups is 1. The molecule has 6 heteroatoms. The second-order valence-corrected chi connectivity index (χ2v) is 5.44. The Hall–Kier alpha value is -1.33. The molecule has 2 aromatic rings. The molecule has 0 aliphatic heterocycles. The van der Waals surface area contributed by atoms with Gasteiger partial charge < -0.3 is 9.73 Å². The van der Waals surface area contributed by atoms with Crippen LogP contribution in [-0.4, -0.2) is 10.9 Å². The van der Waals surface area contributed by atoms with Gasteiger partial charge in [0.15, 0.2) is 0 Å². The van der Waals surface area contributed by atoms with Gasteiger partial charge in [0, 0.05) is 15.1 Å². The highest BCUT2D eigenvalue weighted by Crippen LogP contribution is 2.19. The van der Waals surface area contributed by atoms with E-state index in [1.807, 2.05) is 13.8 Å². The van der Waals surface area contributed by atoms with Crippen LogP contribution in [0.1, 0.15) is 27.7 Å². The van der Waals surface area contributed by atoms with Gasteiger partial charge in [0.25, 0.3) is 5.91 Å². The average molecular weight is 344 g/mol. The average Bonchev–Trinajstić information content (AvgIpc) is 2.64. The number of oxazole rings is 1. The summed E-state index contributed by atoms with van der Waals surface area (Å²) in [5, 5.41) is 3.24. The van der Waals surface area contributed by atoms with Crippen LogP contribution in [0.3, 0.4) is 0 Å². The number of halogens is 2. The Bertz CT molecular complexity index is 585. The van der Waals surface area contributed by atoms with E-state index in [-0.39, 0.29) is 12.5 Å². The molecule has 100 valence electrons. The lowest BCUT2D eigenvalue weighted by atomic mass is 10.2. The predicted octanol–water partition coefficient (Wildman–Crippen LogP) is 3.64. The fourth-order valence-electron chi connectivity index (χ4n) is 1.56. The first-order valence-electron chi connectivity index (χ1n) is 5.63. The maximum absolute atomic E-state index is 12.0. The zero-order valence-electron chi connectivity index (χ0n) is 10.5. The lowest BCUT2D eigenvalue weighted by molar-refractivity contribution is 0.0947. The van der Waals surface area contributed by atoms with Crippen LogP contribution < -0.4 is 5.32 Å². The highest BCUT2D eigenvalue weighted by atomic mass is 79.9. The highest BCUT2D eigenvalue weighted by Gasteiger charge is 2.10. The first-order chi connectivity index (χ1) is 8.95. The Balaban J connectivity index is 2.05. The number of nitrogens with one attached hydrogen (secondary N) is 1. The molecule has 0 aliphatic rings. The summed E-state index contributed by atoms with van der Waals surface area (Å²) in [4.78, 5) is 16.1. The number of nitrogens with zero attached hydrogens (tertiary/aromatic N) is 1. The molecule has 0 atom stereocenters. The van der Waals surface area contributed by atoms with E-state index in [4.69, 9.17) is 16.0 Å².